The van der Waals surface area contributed by atoms with Crippen molar-refractivity contribution in [3.63, 3.8) is 0 Å². The molecular weight excluding hydrogens is 234 g/mol. The summed E-state index contributed by atoms with van der Waals surface area (Å²) in [5.41, 5.74) is 1.44. The van der Waals surface area contributed by atoms with Crippen LogP contribution in [0.3, 0.4) is 0 Å². The van der Waals surface area contributed by atoms with Crippen LogP contribution in [-0.2, 0) is 0 Å². The molecule has 0 aliphatic heterocycles. The maximum Gasteiger partial charge on any atom is 0.273 e. The lowest BCUT2D eigenvalue weighted by molar-refractivity contribution is -0.384. The van der Waals surface area contributed by atoms with Crippen LogP contribution in [0, 0.1) is 16.0 Å². The van der Waals surface area contributed by atoms with Crippen molar-refractivity contribution < 1.29 is 10.0 Å². The second-order valence-corrected chi connectivity index (χ2v) is 4.22. The van der Waals surface area contributed by atoms with Gasteiger partial charge in [-0.3, -0.25) is 10.1 Å². The first-order chi connectivity index (χ1) is 8.56. The molecule has 0 radical (unpaired) electrons. The van der Waals surface area contributed by atoms with Gasteiger partial charge in [0.05, 0.1) is 4.92 Å². The van der Waals surface area contributed by atoms with Gasteiger partial charge in [0.1, 0.15) is 0 Å². The third kappa shape index (κ3) is 4.21. The molecule has 0 amide bonds. The Morgan fingerprint density at radius 1 is 1.33 bits per heavy atom. The van der Waals surface area contributed by atoms with Crippen molar-refractivity contribution in [1.29, 1.82) is 0 Å². The van der Waals surface area contributed by atoms with E-state index in [2.05, 4.69) is 10.6 Å². The van der Waals surface area contributed by atoms with Gasteiger partial charge in [-0.1, -0.05) is 6.92 Å². The van der Waals surface area contributed by atoms with E-state index in [1.807, 2.05) is 19.9 Å². The van der Waals surface area contributed by atoms with Crippen LogP contribution in [0.4, 0.5) is 17.1 Å². The molecule has 0 saturated heterocycles. The molecule has 0 heterocycles. The van der Waals surface area contributed by atoms with Crippen LogP contribution in [0.5, 0.6) is 0 Å². The molecule has 0 spiro atoms. The fraction of sp³-hybridized carbons (Fsp3) is 0.500. The van der Waals surface area contributed by atoms with Crippen molar-refractivity contribution in [2.45, 2.75) is 13.8 Å². The smallest absolute Gasteiger partial charge is 0.273 e. The van der Waals surface area contributed by atoms with Crippen LogP contribution in [0.25, 0.3) is 0 Å². The topological polar surface area (TPSA) is 87.4 Å². The molecule has 18 heavy (non-hydrogen) atoms. The maximum atomic E-state index is 10.8. The summed E-state index contributed by atoms with van der Waals surface area (Å²) in [5.74, 6) is 0.104. The number of nitro groups is 1. The normalized spacial score (nSPS) is 11.9. The first-order valence-electron chi connectivity index (χ1n) is 5.95. The third-order valence-electron chi connectivity index (χ3n) is 2.48. The molecule has 1 rings (SSSR count). The minimum atomic E-state index is -0.415. The highest BCUT2D eigenvalue weighted by atomic mass is 16.6. The standard InChI is InChI=1S/C12H19N3O3/c1-3-13-10-4-11(14-7-9(2)8-16)6-12(5-10)15(17)18/h4-6,9,13-14,16H,3,7-8H2,1-2H3. The van der Waals surface area contributed by atoms with E-state index in [1.54, 1.807) is 0 Å². The molecule has 0 fully saturated rings. The number of nitro benzene ring substituents is 1. The Hall–Kier alpha value is -1.82. The molecule has 0 saturated carbocycles. The second kappa shape index (κ2) is 6.80. The number of anilines is 2. The number of hydrogen-bond donors (Lipinski definition) is 3. The van der Waals surface area contributed by atoms with Gasteiger partial charge < -0.3 is 15.7 Å². The Bertz CT molecular complexity index is 410. The zero-order valence-corrected chi connectivity index (χ0v) is 10.6. The van der Waals surface area contributed by atoms with Gasteiger partial charge in [-0.25, -0.2) is 0 Å². The molecule has 1 aromatic rings. The van der Waals surface area contributed by atoms with Gasteiger partial charge in [0, 0.05) is 43.2 Å². The van der Waals surface area contributed by atoms with E-state index >= 15 is 0 Å². The van der Waals surface area contributed by atoms with E-state index < -0.39 is 4.92 Å². The summed E-state index contributed by atoms with van der Waals surface area (Å²) in [7, 11) is 0. The SMILES string of the molecule is CCNc1cc(NCC(C)CO)cc([N+](=O)[O-])c1. The van der Waals surface area contributed by atoms with Crippen molar-refractivity contribution in [2.24, 2.45) is 5.92 Å². The molecular formula is C12H19N3O3. The number of non-ortho nitro benzene ring substituents is 1. The first-order valence-corrected chi connectivity index (χ1v) is 5.95. The highest BCUT2D eigenvalue weighted by Gasteiger charge is 2.10. The lowest BCUT2D eigenvalue weighted by atomic mass is 10.2. The van der Waals surface area contributed by atoms with E-state index in [-0.39, 0.29) is 18.2 Å². The molecule has 1 atom stereocenters. The zero-order valence-electron chi connectivity index (χ0n) is 10.6. The number of aliphatic hydroxyl groups is 1. The number of hydrogen-bond acceptors (Lipinski definition) is 5. The Balaban J connectivity index is 2.85. The van der Waals surface area contributed by atoms with Gasteiger partial charge in [0.2, 0.25) is 0 Å². The summed E-state index contributed by atoms with van der Waals surface area (Å²) in [4.78, 5) is 10.4. The molecule has 100 valence electrons. The van der Waals surface area contributed by atoms with E-state index in [4.69, 9.17) is 5.11 Å². The number of benzene rings is 1. The van der Waals surface area contributed by atoms with Crippen molar-refractivity contribution in [2.75, 3.05) is 30.3 Å². The van der Waals surface area contributed by atoms with Crippen molar-refractivity contribution in [3.8, 4) is 0 Å². The Labute approximate surface area is 106 Å². The number of rotatable bonds is 7. The van der Waals surface area contributed by atoms with Gasteiger partial charge >= 0.3 is 0 Å². The van der Waals surface area contributed by atoms with Crippen LogP contribution in [0.2, 0.25) is 0 Å². The van der Waals surface area contributed by atoms with Crippen LogP contribution < -0.4 is 10.6 Å². The van der Waals surface area contributed by atoms with Gasteiger partial charge in [-0.05, 0) is 18.9 Å². The lowest BCUT2D eigenvalue weighted by Gasteiger charge is -2.12. The summed E-state index contributed by atoms with van der Waals surface area (Å²) in [6, 6.07) is 4.82. The van der Waals surface area contributed by atoms with E-state index in [0.717, 1.165) is 0 Å². The maximum absolute atomic E-state index is 10.8. The van der Waals surface area contributed by atoms with Gasteiger partial charge in [0.15, 0.2) is 0 Å². The predicted octanol–water partition coefficient (Wildman–Crippen LogP) is 2.07. The Morgan fingerprint density at radius 2 is 1.94 bits per heavy atom. The molecule has 0 aliphatic carbocycles. The van der Waals surface area contributed by atoms with Gasteiger partial charge in [-0.15, -0.1) is 0 Å². The molecule has 6 heteroatoms. The molecule has 0 aliphatic rings. The molecule has 1 unspecified atom stereocenters. The third-order valence-corrected chi connectivity index (χ3v) is 2.48. The van der Waals surface area contributed by atoms with E-state index in [0.29, 0.717) is 24.5 Å². The van der Waals surface area contributed by atoms with E-state index in [1.165, 1.54) is 12.1 Å². The fourth-order valence-corrected chi connectivity index (χ4v) is 1.48. The fourth-order valence-electron chi connectivity index (χ4n) is 1.48. The van der Waals surface area contributed by atoms with Crippen LogP contribution in [-0.4, -0.2) is 29.7 Å². The van der Waals surface area contributed by atoms with Gasteiger partial charge in [-0.2, -0.15) is 0 Å². The monoisotopic (exact) mass is 253 g/mol. The highest BCUT2D eigenvalue weighted by Crippen LogP contribution is 2.24. The van der Waals surface area contributed by atoms with Crippen LogP contribution in [0.1, 0.15) is 13.8 Å². The van der Waals surface area contributed by atoms with Crippen molar-refractivity contribution in [1.82, 2.24) is 0 Å². The lowest BCUT2D eigenvalue weighted by Crippen LogP contribution is -2.14. The number of nitrogens with one attached hydrogen (secondary N) is 2. The number of nitrogens with zero attached hydrogens (tertiary/aromatic N) is 1. The van der Waals surface area contributed by atoms with Gasteiger partial charge in [0.25, 0.3) is 5.69 Å². The molecule has 3 N–H and O–H groups in total. The number of aliphatic hydroxyl groups excluding tert-OH is 1. The highest BCUT2D eigenvalue weighted by molar-refractivity contribution is 5.63. The van der Waals surface area contributed by atoms with Crippen LogP contribution in [0.15, 0.2) is 18.2 Å². The molecule has 0 aromatic heterocycles. The molecule has 1 aromatic carbocycles. The Morgan fingerprint density at radius 3 is 2.44 bits per heavy atom. The minimum Gasteiger partial charge on any atom is -0.396 e. The van der Waals surface area contributed by atoms with E-state index in [9.17, 15) is 10.1 Å². The largest absolute Gasteiger partial charge is 0.396 e. The summed E-state index contributed by atoms with van der Waals surface area (Å²) >= 11 is 0. The molecule has 6 nitrogen and oxygen atoms in total. The van der Waals surface area contributed by atoms with Crippen molar-refractivity contribution in [3.05, 3.63) is 28.3 Å². The molecule has 0 bridgehead atoms. The average Bonchev–Trinajstić information content (AvgIpc) is 2.36. The summed E-state index contributed by atoms with van der Waals surface area (Å²) in [6.45, 7) is 5.19. The summed E-state index contributed by atoms with van der Waals surface area (Å²) in [5, 5.41) is 25.9. The van der Waals surface area contributed by atoms with Crippen molar-refractivity contribution >= 4 is 17.1 Å². The quantitative estimate of drug-likeness (QED) is 0.511. The average molecular weight is 253 g/mol. The first kappa shape index (κ1) is 14.2. The summed E-state index contributed by atoms with van der Waals surface area (Å²) in [6.07, 6.45) is 0. The predicted molar refractivity (Wildman–Crippen MR) is 72.0 cm³/mol. The Kier molecular flexibility index (Phi) is 5.38. The summed E-state index contributed by atoms with van der Waals surface area (Å²) < 4.78 is 0. The van der Waals surface area contributed by atoms with Crippen LogP contribution >= 0.6 is 0 Å². The second-order valence-electron chi connectivity index (χ2n) is 4.22. The zero-order chi connectivity index (χ0) is 13.5. The minimum absolute atomic E-state index is 0.0487.